The van der Waals surface area contributed by atoms with Crippen molar-refractivity contribution in [2.45, 2.75) is 116 Å². The summed E-state index contributed by atoms with van der Waals surface area (Å²) in [6.45, 7) is 4.38. The number of nitrogens with one attached hydrogen (secondary N) is 1. The van der Waals surface area contributed by atoms with Crippen LogP contribution in [-0.2, 0) is 18.4 Å². The standard InChI is InChI=1S/C35H63N2O6P/c1-6-8-10-12-14-16-17-18-19-21-23-25-27-29-35(39)36-33(32-43-44(40,41)42-31-30-37(3,4)5)34(38)28-26-24-22-20-15-13-11-9-7-2/h8,10,14,16,18-19,23,25-26,28,33-34,38H,6-7,9,11-13,15,17,20-22,24,27,29-32H2,1-5H3,(H-,36,39,40,41)/b10-8-,16-14-,19-18-,25-23-,28-26+. The summed E-state index contributed by atoms with van der Waals surface area (Å²) < 4.78 is 22.9. The fraction of sp³-hybridized carbons (Fsp3) is 0.686. The van der Waals surface area contributed by atoms with Crippen LogP contribution in [0.25, 0.3) is 0 Å². The predicted octanol–water partition coefficient (Wildman–Crippen LogP) is 7.32. The molecule has 0 aliphatic carbocycles. The average molecular weight is 639 g/mol. The maximum Gasteiger partial charge on any atom is 0.268 e. The number of aliphatic hydroxyl groups is 1. The number of aliphatic hydroxyl groups excluding tert-OH is 1. The number of rotatable bonds is 28. The van der Waals surface area contributed by atoms with Crippen LogP contribution in [0.15, 0.2) is 60.8 Å². The number of hydrogen-bond acceptors (Lipinski definition) is 6. The smallest absolute Gasteiger partial charge is 0.268 e. The number of hydrogen-bond donors (Lipinski definition) is 2. The lowest BCUT2D eigenvalue weighted by Crippen LogP contribution is -2.45. The summed E-state index contributed by atoms with van der Waals surface area (Å²) >= 11 is 0. The van der Waals surface area contributed by atoms with Crippen molar-refractivity contribution in [3.8, 4) is 0 Å². The second-order valence-corrected chi connectivity index (χ2v) is 13.5. The number of phosphoric acid groups is 1. The van der Waals surface area contributed by atoms with Gasteiger partial charge in [0.05, 0.1) is 39.9 Å². The fourth-order valence-electron chi connectivity index (χ4n) is 4.04. The Morgan fingerprint density at radius 2 is 1.39 bits per heavy atom. The number of amides is 1. The molecule has 0 saturated carbocycles. The summed E-state index contributed by atoms with van der Waals surface area (Å²) in [7, 11) is 1.20. The second kappa shape index (κ2) is 27.5. The molecule has 0 aromatic heterocycles. The zero-order chi connectivity index (χ0) is 32.9. The van der Waals surface area contributed by atoms with Crippen LogP contribution in [0, 0.1) is 0 Å². The zero-order valence-electron chi connectivity index (χ0n) is 28.3. The second-order valence-electron chi connectivity index (χ2n) is 12.1. The van der Waals surface area contributed by atoms with E-state index < -0.39 is 26.6 Å². The Morgan fingerprint density at radius 1 is 0.818 bits per heavy atom. The minimum atomic E-state index is -4.59. The van der Waals surface area contributed by atoms with E-state index in [1.807, 2.05) is 39.4 Å². The molecule has 1 amide bonds. The Bertz CT molecular complexity index is 907. The average Bonchev–Trinajstić information content (AvgIpc) is 2.95. The SMILES string of the molecule is CC/C=C\C/C=C\C/C=C\C/C=C\CCC(=O)NC(COP(=O)([O-])OCC[N+](C)(C)C)C(O)/C=C/CCCCCCCCC. The van der Waals surface area contributed by atoms with Crippen molar-refractivity contribution in [3.63, 3.8) is 0 Å². The van der Waals surface area contributed by atoms with E-state index >= 15 is 0 Å². The first-order valence-electron chi connectivity index (χ1n) is 16.7. The minimum Gasteiger partial charge on any atom is -0.756 e. The van der Waals surface area contributed by atoms with Gasteiger partial charge in [0.2, 0.25) is 5.91 Å². The third-order valence-corrected chi connectivity index (χ3v) is 7.71. The lowest BCUT2D eigenvalue weighted by atomic mass is 10.1. The first kappa shape index (κ1) is 42.2. The highest BCUT2D eigenvalue weighted by atomic mass is 31.2. The molecule has 0 aliphatic rings. The van der Waals surface area contributed by atoms with E-state index in [1.54, 1.807) is 6.08 Å². The Hall–Kier alpha value is -1.80. The van der Waals surface area contributed by atoms with Gasteiger partial charge >= 0.3 is 0 Å². The van der Waals surface area contributed by atoms with E-state index in [0.29, 0.717) is 17.4 Å². The number of carbonyl (C=O) groups excluding carboxylic acids is 1. The molecule has 0 heterocycles. The topological polar surface area (TPSA) is 108 Å². The molecule has 0 radical (unpaired) electrons. The number of unbranched alkanes of at least 4 members (excludes halogenated alkanes) is 7. The number of allylic oxidation sites excluding steroid dienone is 9. The summed E-state index contributed by atoms with van der Waals surface area (Å²) in [4.78, 5) is 25.0. The van der Waals surface area contributed by atoms with E-state index in [-0.39, 0.29) is 18.9 Å². The number of nitrogens with zero attached hydrogens (tertiary/aromatic N) is 1. The largest absolute Gasteiger partial charge is 0.756 e. The summed E-state index contributed by atoms with van der Waals surface area (Å²) in [6, 6.07) is -0.922. The van der Waals surface area contributed by atoms with Gasteiger partial charge in [0.25, 0.3) is 7.82 Å². The molecule has 3 atom stereocenters. The lowest BCUT2D eigenvalue weighted by molar-refractivity contribution is -0.870. The lowest BCUT2D eigenvalue weighted by Gasteiger charge is -2.29. The monoisotopic (exact) mass is 638 g/mol. The molecule has 0 aliphatic heterocycles. The fourth-order valence-corrected chi connectivity index (χ4v) is 4.76. The summed E-state index contributed by atoms with van der Waals surface area (Å²) in [6.07, 6.45) is 32.9. The quantitative estimate of drug-likeness (QED) is 0.0402. The molecular formula is C35H63N2O6P. The molecule has 2 N–H and O–H groups in total. The normalized spacial score (nSPS) is 15.7. The molecule has 0 aromatic carbocycles. The van der Waals surface area contributed by atoms with Crippen LogP contribution in [0.2, 0.25) is 0 Å². The van der Waals surface area contributed by atoms with Crippen molar-refractivity contribution in [3.05, 3.63) is 60.8 Å². The third kappa shape index (κ3) is 28.9. The Morgan fingerprint density at radius 3 is 1.98 bits per heavy atom. The van der Waals surface area contributed by atoms with Crippen LogP contribution in [-0.4, -0.2) is 68.5 Å². The van der Waals surface area contributed by atoms with E-state index in [4.69, 9.17) is 9.05 Å². The highest BCUT2D eigenvalue weighted by molar-refractivity contribution is 7.45. The molecule has 0 spiro atoms. The molecule has 8 nitrogen and oxygen atoms in total. The molecule has 254 valence electrons. The summed E-state index contributed by atoms with van der Waals surface area (Å²) in [5.41, 5.74) is 0. The van der Waals surface area contributed by atoms with Gasteiger partial charge in [-0.25, -0.2) is 0 Å². The van der Waals surface area contributed by atoms with Crippen molar-refractivity contribution in [2.75, 3.05) is 40.9 Å². The van der Waals surface area contributed by atoms with Crippen molar-refractivity contribution in [1.29, 1.82) is 0 Å². The highest BCUT2D eigenvalue weighted by Crippen LogP contribution is 2.38. The highest BCUT2D eigenvalue weighted by Gasteiger charge is 2.23. The molecule has 9 heteroatoms. The van der Waals surface area contributed by atoms with E-state index in [0.717, 1.165) is 44.9 Å². The van der Waals surface area contributed by atoms with Gasteiger partial charge in [0.15, 0.2) is 0 Å². The van der Waals surface area contributed by atoms with Crippen molar-refractivity contribution in [1.82, 2.24) is 5.32 Å². The molecule has 0 bridgehead atoms. The van der Waals surface area contributed by atoms with E-state index in [9.17, 15) is 19.4 Å². The molecular weight excluding hydrogens is 575 g/mol. The maximum absolute atomic E-state index is 12.6. The van der Waals surface area contributed by atoms with Crippen LogP contribution in [0.5, 0.6) is 0 Å². The Kier molecular flexibility index (Phi) is 26.4. The van der Waals surface area contributed by atoms with E-state index in [2.05, 4.69) is 55.6 Å². The van der Waals surface area contributed by atoms with Crippen LogP contribution in [0.1, 0.15) is 104 Å². The van der Waals surface area contributed by atoms with Gasteiger partial charge in [-0.3, -0.25) is 9.36 Å². The number of phosphoric ester groups is 1. The third-order valence-electron chi connectivity index (χ3n) is 6.75. The van der Waals surface area contributed by atoms with Gasteiger partial charge in [-0.1, -0.05) is 113 Å². The van der Waals surface area contributed by atoms with Gasteiger partial charge in [-0.05, 0) is 44.9 Å². The first-order valence-corrected chi connectivity index (χ1v) is 18.1. The predicted molar refractivity (Wildman–Crippen MR) is 182 cm³/mol. The molecule has 0 rings (SSSR count). The number of quaternary nitrogens is 1. The zero-order valence-corrected chi connectivity index (χ0v) is 29.2. The first-order chi connectivity index (χ1) is 21.0. The molecule has 3 unspecified atom stereocenters. The van der Waals surface area contributed by atoms with Gasteiger partial charge in [-0.15, -0.1) is 0 Å². The van der Waals surface area contributed by atoms with Crippen LogP contribution < -0.4 is 10.2 Å². The number of carbonyl (C=O) groups is 1. The van der Waals surface area contributed by atoms with Crippen LogP contribution in [0.4, 0.5) is 0 Å². The molecule has 0 aromatic rings. The van der Waals surface area contributed by atoms with Crippen LogP contribution in [0.3, 0.4) is 0 Å². The molecule has 44 heavy (non-hydrogen) atoms. The van der Waals surface area contributed by atoms with Gasteiger partial charge in [0, 0.05) is 6.42 Å². The summed E-state index contributed by atoms with van der Waals surface area (Å²) in [5.74, 6) is -0.285. The Balaban J connectivity index is 4.76. The summed E-state index contributed by atoms with van der Waals surface area (Å²) in [5, 5.41) is 13.5. The minimum absolute atomic E-state index is 0.0168. The van der Waals surface area contributed by atoms with Crippen molar-refractivity contribution >= 4 is 13.7 Å². The van der Waals surface area contributed by atoms with Crippen LogP contribution >= 0.6 is 7.82 Å². The van der Waals surface area contributed by atoms with Crippen molar-refractivity contribution < 1.29 is 32.9 Å². The maximum atomic E-state index is 12.6. The van der Waals surface area contributed by atoms with Crippen molar-refractivity contribution in [2.24, 2.45) is 0 Å². The molecule has 0 saturated heterocycles. The Labute approximate surface area is 269 Å². The van der Waals surface area contributed by atoms with E-state index in [1.165, 1.54) is 32.1 Å². The number of likely N-dealkylation sites (N-methyl/N-ethyl adjacent to an activating group) is 1. The van der Waals surface area contributed by atoms with Gasteiger partial charge in [0.1, 0.15) is 13.2 Å². The van der Waals surface area contributed by atoms with Gasteiger partial charge < -0.3 is 28.8 Å². The molecule has 0 fully saturated rings. The van der Waals surface area contributed by atoms with Gasteiger partial charge in [-0.2, -0.15) is 0 Å².